The molecule has 106 valence electrons. The summed E-state index contributed by atoms with van der Waals surface area (Å²) in [6.45, 7) is 1.94. The van der Waals surface area contributed by atoms with Gasteiger partial charge in [-0.05, 0) is 31.2 Å². The standard InChI is InChI=1S/C14H17N3OS2/c1-9(13(18)17-10-4-2-3-5-10)20-14-12-11(6-7-19-12)15-8-16-14/h6-10H,2-5H2,1H3,(H,17,18)/t9-/m1/s1. The molecule has 20 heavy (non-hydrogen) atoms. The topological polar surface area (TPSA) is 54.9 Å². The summed E-state index contributed by atoms with van der Waals surface area (Å²) in [5.41, 5.74) is 0.955. The van der Waals surface area contributed by atoms with Crippen LogP contribution in [0.25, 0.3) is 10.2 Å². The van der Waals surface area contributed by atoms with Gasteiger partial charge in [-0.1, -0.05) is 24.6 Å². The van der Waals surface area contributed by atoms with E-state index in [2.05, 4.69) is 15.3 Å². The second-order valence-electron chi connectivity index (χ2n) is 5.06. The largest absolute Gasteiger partial charge is 0.352 e. The Morgan fingerprint density at radius 1 is 1.45 bits per heavy atom. The van der Waals surface area contributed by atoms with Crippen LogP contribution >= 0.6 is 23.1 Å². The number of carbonyl (C=O) groups is 1. The predicted octanol–water partition coefficient (Wildman–Crippen LogP) is 3.23. The van der Waals surface area contributed by atoms with Crippen LogP contribution in [0.2, 0.25) is 0 Å². The molecule has 1 aliphatic rings. The van der Waals surface area contributed by atoms with Gasteiger partial charge < -0.3 is 5.32 Å². The van der Waals surface area contributed by atoms with Crippen molar-refractivity contribution in [1.82, 2.24) is 15.3 Å². The average molecular weight is 307 g/mol. The van der Waals surface area contributed by atoms with E-state index in [0.717, 1.165) is 28.1 Å². The average Bonchev–Trinajstić information content (AvgIpc) is 3.09. The van der Waals surface area contributed by atoms with Crippen LogP contribution in [0.1, 0.15) is 32.6 Å². The first-order valence-electron chi connectivity index (χ1n) is 6.89. The number of carbonyl (C=O) groups excluding carboxylic acids is 1. The van der Waals surface area contributed by atoms with Crippen LogP contribution < -0.4 is 5.32 Å². The van der Waals surface area contributed by atoms with Gasteiger partial charge in [-0.25, -0.2) is 9.97 Å². The second-order valence-corrected chi connectivity index (χ2v) is 7.31. The summed E-state index contributed by atoms with van der Waals surface area (Å²) >= 11 is 3.14. The number of hydrogen-bond donors (Lipinski definition) is 1. The zero-order chi connectivity index (χ0) is 13.9. The highest BCUT2D eigenvalue weighted by Gasteiger charge is 2.22. The van der Waals surface area contributed by atoms with E-state index in [1.54, 1.807) is 17.7 Å². The maximum Gasteiger partial charge on any atom is 0.233 e. The molecule has 0 aliphatic heterocycles. The molecular weight excluding hydrogens is 290 g/mol. The molecule has 0 aromatic carbocycles. The molecule has 2 heterocycles. The molecule has 1 atom stereocenters. The lowest BCUT2D eigenvalue weighted by molar-refractivity contribution is -0.120. The Labute approximate surface area is 126 Å². The SMILES string of the molecule is C[C@@H](Sc1ncnc2ccsc12)C(=O)NC1CCCC1. The van der Waals surface area contributed by atoms with E-state index in [9.17, 15) is 4.79 Å². The van der Waals surface area contributed by atoms with Gasteiger partial charge in [0.25, 0.3) is 0 Å². The van der Waals surface area contributed by atoms with Gasteiger partial charge in [0.15, 0.2) is 0 Å². The number of thiophene rings is 1. The van der Waals surface area contributed by atoms with Gasteiger partial charge in [-0.15, -0.1) is 11.3 Å². The molecule has 0 bridgehead atoms. The third kappa shape index (κ3) is 2.96. The monoisotopic (exact) mass is 307 g/mol. The summed E-state index contributed by atoms with van der Waals surface area (Å²) in [5, 5.41) is 5.92. The number of fused-ring (bicyclic) bond motifs is 1. The number of amides is 1. The van der Waals surface area contributed by atoms with E-state index in [1.165, 1.54) is 24.6 Å². The highest BCUT2D eigenvalue weighted by molar-refractivity contribution is 8.00. The first-order valence-corrected chi connectivity index (χ1v) is 8.65. The van der Waals surface area contributed by atoms with E-state index in [0.29, 0.717) is 6.04 Å². The van der Waals surface area contributed by atoms with E-state index >= 15 is 0 Å². The summed E-state index contributed by atoms with van der Waals surface area (Å²) < 4.78 is 1.07. The number of rotatable bonds is 4. The van der Waals surface area contributed by atoms with Crippen molar-refractivity contribution < 1.29 is 4.79 Å². The summed E-state index contributed by atoms with van der Waals surface area (Å²) in [6, 6.07) is 2.35. The van der Waals surface area contributed by atoms with Gasteiger partial charge in [0.1, 0.15) is 11.4 Å². The van der Waals surface area contributed by atoms with Crippen LogP contribution in [0.5, 0.6) is 0 Å². The molecule has 0 spiro atoms. The lowest BCUT2D eigenvalue weighted by Crippen LogP contribution is -2.37. The zero-order valence-electron chi connectivity index (χ0n) is 11.3. The van der Waals surface area contributed by atoms with Gasteiger partial charge in [0, 0.05) is 6.04 Å². The third-order valence-corrected chi connectivity index (χ3v) is 5.71. The lowest BCUT2D eigenvalue weighted by atomic mass is 10.2. The molecule has 1 aliphatic carbocycles. The molecule has 4 nitrogen and oxygen atoms in total. The van der Waals surface area contributed by atoms with Crippen molar-refractivity contribution in [2.45, 2.75) is 48.9 Å². The first kappa shape index (κ1) is 13.8. The molecule has 2 aromatic rings. The Morgan fingerprint density at radius 2 is 2.25 bits per heavy atom. The molecule has 0 saturated heterocycles. The molecule has 1 saturated carbocycles. The highest BCUT2D eigenvalue weighted by Crippen LogP contribution is 2.31. The molecule has 1 amide bonds. The van der Waals surface area contributed by atoms with E-state index in [-0.39, 0.29) is 11.2 Å². The van der Waals surface area contributed by atoms with Crippen molar-refractivity contribution in [2.24, 2.45) is 0 Å². The van der Waals surface area contributed by atoms with Crippen molar-refractivity contribution in [3.63, 3.8) is 0 Å². The van der Waals surface area contributed by atoms with Crippen LogP contribution in [0.3, 0.4) is 0 Å². The van der Waals surface area contributed by atoms with Crippen LogP contribution in [-0.2, 0) is 4.79 Å². The molecule has 1 N–H and O–H groups in total. The molecule has 1 fully saturated rings. The smallest absolute Gasteiger partial charge is 0.233 e. The van der Waals surface area contributed by atoms with Crippen molar-refractivity contribution in [3.05, 3.63) is 17.8 Å². The zero-order valence-corrected chi connectivity index (χ0v) is 13.0. The highest BCUT2D eigenvalue weighted by atomic mass is 32.2. The molecule has 6 heteroatoms. The first-order chi connectivity index (χ1) is 9.74. The molecule has 0 radical (unpaired) electrons. The third-order valence-electron chi connectivity index (χ3n) is 3.57. The Bertz CT molecular complexity index is 607. The Balaban J connectivity index is 1.67. The fourth-order valence-electron chi connectivity index (χ4n) is 2.46. The molecule has 2 aromatic heterocycles. The van der Waals surface area contributed by atoms with Crippen LogP contribution in [0.15, 0.2) is 22.8 Å². The van der Waals surface area contributed by atoms with Gasteiger partial charge in [-0.2, -0.15) is 0 Å². The summed E-state index contributed by atoms with van der Waals surface area (Å²) in [4.78, 5) is 20.7. The Hall–Kier alpha value is -1.14. The van der Waals surface area contributed by atoms with Gasteiger partial charge in [0.05, 0.1) is 15.5 Å². The van der Waals surface area contributed by atoms with Crippen molar-refractivity contribution in [1.29, 1.82) is 0 Å². The Morgan fingerprint density at radius 3 is 3.05 bits per heavy atom. The fraction of sp³-hybridized carbons (Fsp3) is 0.500. The lowest BCUT2D eigenvalue weighted by Gasteiger charge is -2.16. The summed E-state index contributed by atoms with van der Waals surface area (Å²) in [7, 11) is 0. The van der Waals surface area contributed by atoms with Crippen LogP contribution in [0, 0.1) is 0 Å². The fourth-order valence-corrected chi connectivity index (χ4v) is 4.31. The molecular formula is C14H17N3OS2. The summed E-state index contributed by atoms with van der Waals surface area (Å²) in [6.07, 6.45) is 6.26. The minimum absolute atomic E-state index is 0.116. The van der Waals surface area contributed by atoms with Crippen LogP contribution in [-0.4, -0.2) is 27.2 Å². The second kappa shape index (κ2) is 6.10. The van der Waals surface area contributed by atoms with Gasteiger partial charge >= 0.3 is 0 Å². The van der Waals surface area contributed by atoms with E-state index < -0.39 is 0 Å². The van der Waals surface area contributed by atoms with Crippen molar-refractivity contribution in [3.8, 4) is 0 Å². The quantitative estimate of drug-likeness (QED) is 0.696. The van der Waals surface area contributed by atoms with Crippen molar-refractivity contribution in [2.75, 3.05) is 0 Å². The normalized spacial score (nSPS) is 17.4. The minimum atomic E-state index is -0.129. The molecule has 3 rings (SSSR count). The summed E-state index contributed by atoms with van der Waals surface area (Å²) in [5.74, 6) is 0.116. The number of thioether (sulfide) groups is 1. The number of aromatic nitrogens is 2. The Kier molecular flexibility index (Phi) is 4.21. The van der Waals surface area contributed by atoms with E-state index in [4.69, 9.17) is 0 Å². The maximum absolute atomic E-state index is 12.2. The number of nitrogens with one attached hydrogen (secondary N) is 1. The molecule has 0 unspecified atom stereocenters. The minimum Gasteiger partial charge on any atom is -0.352 e. The van der Waals surface area contributed by atoms with E-state index in [1.807, 2.05) is 18.4 Å². The van der Waals surface area contributed by atoms with Crippen molar-refractivity contribution >= 4 is 39.2 Å². The predicted molar refractivity (Wildman–Crippen MR) is 83.1 cm³/mol. The number of hydrogen-bond acceptors (Lipinski definition) is 5. The van der Waals surface area contributed by atoms with Gasteiger partial charge in [0.2, 0.25) is 5.91 Å². The maximum atomic E-state index is 12.2. The van der Waals surface area contributed by atoms with Gasteiger partial charge in [-0.3, -0.25) is 4.79 Å². The number of nitrogens with zero attached hydrogens (tertiary/aromatic N) is 2. The van der Waals surface area contributed by atoms with Crippen LogP contribution in [0.4, 0.5) is 0 Å².